The zero-order valence-corrected chi connectivity index (χ0v) is 16.8. The van der Waals surface area contributed by atoms with Crippen molar-refractivity contribution >= 4 is 44.6 Å². The third kappa shape index (κ3) is 4.85. The largest absolute Gasteiger partial charge is 0.504 e. The second-order valence-electron chi connectivity index (χ2n) is 4.86. The molecule has 2 aromatic rings. The number of methoxy groups -OCH3 is 2. The number of benzene rings is 1. The number of carbonyl (C=O) groups is 1. The number of phenolic OH excluding ortho intramolecular Hbond substituents is 1. The minimum Gasteiger partial charge on any atom is -0.504 e. The maximum Gasteiger partial charge on any atom is 0.311 e. The quantitative estimate of drug-likeness (QED) is 0.366. The molecular formula is C16H18BrN3O5S. The number of nitrogens with zero attached hydrogens (tertiary/aromatic N) is 2. The zero-order chi connectivity index (χ0) is 19.1. The number of phenols is 1. The van der Waals surface area contributed by atoms with Crippen molar-refractivity contribution < 1.29 is 24.1 Å². The Bertz CT molecular complexity index is 809. The highest BCUT2D eigenvalue weighted by atomic mass is 79.9. The molecule has 0 saturated carbocycles. The molecule has 1 aromatic carbocycles. The first-order valence-electron chi connectivity index (χ1n) is 7.52. The first-order chi connectivity index (χ1) is 12.5. The Hall–Kier alpha value is -2.33. The molecule has 2 rings (SSSR count). The third-order valence-electron chi connectivity index (χ3n) is 3.15. The van der Waals surface area contributed by atoms with E-state index in [4.69, 9.17) is 14.2 Å². The van der Waals surface area contributed by atoms with Crippen LogP contribution in [0, 0.1) is 0 Å². The van der Waals surface area contributed by atoms with E-state index in [-0.39, 0.29) is 23.9 Å². The summed E-state index contributed by atoms with van der Waals surface area (Å²) in [7, 11) is 2.91. The smallest absolute Gasteiger partial charge is 0.311 e. The van der Waals surface area contributed by atoms with Crippen LogP contribution in [-0.4, -0.2) is 43.1 Å². The van der Waals surface area contributed by atoms with Crippen LogP contribution in [0.2, 0.25) is 0 Å². The van der Waals surface area contributed by atoms with Crippen molar-refractivity contribution in [2.45, 2.75) is 13.3 Å². The fourth-order valence-electron chi connectivity index (χ4n) is 2.05. The Morgan fingerprint density at radius 1 is 1.42 bits per heavy atom. The van der Waals surface area contributed by atoms with Crippen LogP contribution in [0.5, 0.6) is 17.2 Å². The number of aromatic nitrogens is 1. The highest BCUT2D eigenvalue weighted by Gasteiger charge is 2.17. The van der Waals surface area contributed by atoms with Crippen LogP contribution >= 0.6 is 27.3 Å². The van der Waals surface area contributed by atoms with Crippen molar-refractivity contribution in [2.75, 3.05) is 26.3 Å². The van der Waals surface area contributed by atoms with Crippen LogP contribution < -0.4 is 14.9 Å². The molecule has 0 fully saturated rings. The molecule has 0 aliphatic rings. The van der Waals surface area contributed by atoms with Crippen LogP contribution in [0.4, 0.5) is 5.13 Å². The topological polar surface area (TPSA) is 102 Å². The van der Waals surface area contributed by atoms with Crippen LogP contribution in [0.15, 0.2) is 21.0 Å². The summed E-state index contributed by atoms with van der Waals surface area (Å²) in [6, 6.07) is 1.65. The highest BCUT2D eigenvalue weighted by molar-refractivity contribution is 9.10. The molecular weight excluding hydrogens is 426 g/mol. The van der Waals surface area contributed by atoms with Crippen LogP contribution in [-0.2, 0) is 16.0 Å². The number of anilines is 1. The number of halogens is 1. The Morgan fingerprint density at radius 3 is 2.81 bits per heavy atom. The minimum atomic E-state index is -0.326. The van der Waals surface area contributed by atoms with Gasteiger partial charge >= 0.3 is 5.97 Å². The molecule has 0 bridgehead atoms. The van der Waals surface area contributed by atoms with E-state index >= 15 is 0 Å². The summed E-state index contributed by atoms with van der Waals surface area (Å²) in [4.78, 5) is 15.7. The molecule has 1 heterocycles. The summed E-state index contributed by atoms with van der Waals surface area (Å²) in [5.74, 6) is 0.168. The summed E-state index contributed by atoms with van der Waals surface area (Å²) < 4.78 is 15.9. The lowest BCUT2D eigenvalue weighted by Gasteiger charge is -2.12. The molecule has 140 valence electrons. The van der Waals surface area contributed by atoms with Gasteiger partial charge in [-0.05, 0) is 28.9 Å². The third-order valence-corrected chi connectivity index (χ3v) is 4.53. The average molecular weight is 444 g/mol. The fraction of sp³-hybridized carbons (Fsp3) is 0.312. The van der Waals surface area contributed by atoms with Gasteiger partial charge in [-0.2, -0.15) is 5.10 Å². The first kappa shape index (κ1) is 20.0. The number of ether oxygens (including phenoxy) is 3. The van der Waals surface area contributed by atoms with E-state index in [0.717, 1.165) is 0 Å². The number of hydrogen-bond acceptors (Lipinski definition) is 9. The molecule has 1 aromatic heterocycles. The number of carbonyl (C=O) groups excluding carboxylic acids is 1. The standard InChI is InChI=1S/C16H18BrN3O5S/c1-4-25-12(21)6-10-8-26-16(19-10)20-18-7-9-5-11(17)14(23-2)15(24-3)13(9)22/h5,7-8,22H,4,6H2,1-3H3,(H,19,20). The molecule has 0 aliphatic carbocycles. The SMILES string of the molecule is CCOC(=O)Cc1csc(NN=Cc2cc(Br)c(OC)c(OC)c2O)n1. The van der Waals surface area contributed by atoms with Crippen molar-refractivity contribution in [3.8, 4) is 17.2 Å². The number of nitrogens with one attached hydrogen (secondary N) is 1. The van der Waals surface area contributed by atoms with Gasteiger partial charge in [-0.25, -0.2) is 4.98 Å². The van der Waals surface area contributed by atoms with Crippen molar-refractivity contribution in [2.24, 2.45) is 5.10 Å². The van der Waals surface area contributed by atoms with Crippen molar-refractivity contribution in [1.29, 1.82) is 0 Å². The van der Waals surface area contributed by atoms with Crippen molar-refractivity contribution in [1.82, 2.24) is 4.98 Å². The summed E-state index contributed by atoms with van der Waals surface area (Å²) >= 11 is 4.66. The molecule has 0 saturated heterocycles. The van der Waals surface area contributed by atoms with Crippen molar-refractivity contribution in [3.63, 3.8) is 0 Å². The number of hydrogen-bond donors (Lipinski definition) is 2. The molecule has 0 spiro atoms. The van der Waals surface area contributed by atoms with Gasteiger partial charge in [0.15, 0.2) is 11.5 Å². The highest BCUT2D eigenvalue weighted by Crippen LogP contribution is 2.43. The lowest BCUT2D eigenvalue weighted by Crippen LogP contribution is -2.07. The predicted octanol–water partition coefficient (Wildman–Crippen LogP) is 3.18. The Labute approximate surface area is 162 Å². The van der Waals surface area contributed by atoms with E-state index in [0.29, 0.717) is 33.2 Å². The van der Waals surface area contributed by atoms with E-state index in [1.165, 1.54) is 31.8 Å². The second-order valence-corrected chi connectivity index (χ2v) is 6.57. The van der Waals surface area contributed by atoms with E-state index in [2.05, 4.69) is 31.4 Å². The van der Waals surface area contributed by atoms with Gasteiger partial charge in [-0.1, -0.05) is 0 Å². The lowest BCUT2D eigenvalue weighted by molar-refractivity contribution is -0.142. The Morgan fingerprint density at radius 2 is 2.15 bits per heavy atom. The van der Waals surface area contributed by atoms with Gasteiger partial charge in [-0.3, -0.25) is 10.2 Å². The van der Waals surface area contributed by atoms with Gasteiger partial charge < -0.3 is 19.3 Å². The molecule has 26 heavy (non-hydrogen) atoms. The van der Waals surface area contributed by atoms with Gasteiger partial charge in [0, 0.05) is 10.9 Å². The van der Waals surface area contributed by atoms with E-state index < -0.39 is 0 Å². The average Bonchev–Trinajstić information content (AvgIpc) is 3.04. The number of thiazole rings is 1. The number of esters is 1. The first-order valence-corrected chi connectivity index (χ1v) is 9.19. The van der Waals surface area contributed by atoms with Gasteiger partial charge in [0.1, 0.15) is 0 Å². The maximum atomic E-state index is 11.4. The minimum absolute atomic E-state index is 0.0970. The summed E-state index contributed by atoms with van der Waals surface area (Å²) in [6.07, 6.45) is 1.54. The van der Waals surface area contributed by atoms with E-state index in [1.807, 2.05) is 0 Å². The monoisotopic (exact) mass is 443 g/mol. The second kappa shape index (κ2) is 9.39. The van der Waals surface area contributed by atoms with Crippen LogP contribution in [0.3, 0.4) is 0 Å². The Kier molecular flexibility index (Phi) is 7.22. The predicted molar refractivity (Wildman–Crippen MR) is 103 cm³/mol. The lowest BCUT2D eigenvalue weighted by atomic mass is 10.2. The van der Waals surface area contributed by atoms with E-state index in [9.17, 15) is 9.90 Å². The molecule has 0 aliphatic heterocycles. The van der Waals surface area contributed by atoms with Gasteiger partial charge in [0.05, 0.1) is 43.6 Å². The van der Waals surface area contributed by atoms with Crippen LogP contribution in [0.1, 0.15) is 18.2 Å². The number of aromatic hydroxyl groups is 1. The van der Waals surface area contributed by atoms with Crippen molar-refractivity contribution in [3.05, 3.63) is 27.2 Å². The van der Waals surface area contributed by atoms with Gasteiger partial charge in [0.25, 0.3) is 0 Å². The normalized spacial score (nSPS) is 10.8. The summed E-state index contributed by atoms with van der Waals surface area (Å²) in [5, 5.41) is 16.6. The molecule has 10 heteroatoms. The molecule has 0 atom stereocenters. The summed E-state index contributed by atoms with van der Waals surface area (Å²) in [5.41, 5.74) is 3.78. The van der Waals surface area contributed by atoms with Gasteiger partial charge in [-0.15, -0.1) is 11.3 Å². The Balaban J connectivity index is 2.08. The molecule has 0 amide bonds. The fourth-order valence-corrected chi connectivity index (χ4v) is 3.30. The summed E-state index contributed by atoms with van der Waals surface area (Å²) in [6.45, 7) is 2.09. The molecule has 2 N–H and O–H groups in total. The van der Waals surface area contributed by atoms with Gasteiger partial charge in [0.2, 0.25) is 10.9 Å². The maximum absolute atomic E-state index is 11.4. The molecule has 8 nitrogen and oxygen atoms in total. The van der Waals surface area contributed by atoms with E-state index in [1.54, 1.807) is 18.4 Å². The zero-order valence-electron chi connectivity index (χ0n) is 14.4. The number of rotatable bonds is 8. The number of hydrazone groups is 1. The van der Waals surface area contributed by atoms with Crippen LogP contribution in [0.25, 0.3) is 0 Å². The molecule has 0 unspecified atom stereocenters. The molecule has 0 radical (unpaired) electrons.